The SMILES string of the molecule is O=[N+]([O-])c1ccccc1NCC1CCC2(CN1Cc1ccccc1)OCCO2. The maximum atomic E-state index is 11.3. The van der Waals surface area contributed by atoms with Gasteiger partial charge in [0.2, 0.25) is 0 Å². The summed E-state index contributed by atoms with van der Waals surface area (Å²) in [4.78, 5) is 13.3. The molecule has 2 saturated heterocycles. The van der Waals surface area contributed by atoms with Crippen LogP contribution in [0.3, 0.4) is 0 Å². The minimum atomic E-state index is -0.510. The number of benzene rings is 2. The van der Waals surface area contributed by atoms with Crippen molar-refractivity contribution in [3.63, 3.8) is 0 Å². The molecule has 0 radical (unpaired) electrons. The lowest BCUT2D eigenvalue weighted by atomic mass is 9.96. The van der Waals surface area contributed by atoms with Gasteiger partial charge in [-0.1, -0.05) is 42.5 Å². The summed E-state index contributed by atoms with van der Waals surface area (Å²) in [7, 11) is 0. The Balaban J connectivity index is 1.48. The van der Waals surface area contributed by atoms with Crippen LogP contribution in [0.1, 0.15) is 18.4 Å². The lowest BCUT2D eigenvalue weighted by Gasteiger charge is -2.44. The summed E-state index contributed by atoms with van der Waals surface area (Å²) in [6, 6.07) is 17.3. The summed E-state index contributed by atoms with van der Waals surface area (Å²) in [6.45, 7) is 3.40. The van der Waals surface area contributed by atoms with E-state index in [1.165, 1.54) is 11.6 Å². The average molecular weight is 383 g/mol. The molecule has 1 atom stereocenters. The highest BCUT2D eigenvalue weighted by molar-refractivity contribution is 5.61. The van der Waals surface area contributed by atoms with Crippen LogP contribution < -0.4 is 5.32 Å². The molecule has 0 bridgehead atoms. The Morgan fingerprint density at radius 2 is 1.82 bits per heavy atom. The molecule has 7 heteroatoms. The van der Waals surface area contributed by atoms with Crippen LogP contribution in [0.5, 0.6) is 0 Å². The van der Waals surface area contributed by atoms with E-state index in [2.05, 4.69) is 22.3 Å². The zero-order valence-corrected chi connectivity index (χ0v) is 15.8. The van der Waals surface area contributed by atoms with Crippen molar-refractivity contribution in [2.75, 3.05) is 31.6 Å². The first kappa shape index (κ1) is 18.9. The van der Waals surface area contributed by atoms with Gasteiger partial charge in [-0.25, -0.2) is 0 Å². The Bertz CT molecular complexity index is 808. The number of anilines is 1. The van der Waals surface area contributed by atoms with Gasteiger partial charge in [-0.05, 0) is 18.1 Å². The van der Waals surface area contributed by atoms with Gasteiger partial charge >= 0.3 is 0 Å². The Morgan fingerprint density at radius 1 is 1.11 bits per heavy atom. The van der Waals surface area contributed by atoms with E-state index in [-0.39, 0.29) is 16.7 Å². The number of nitrogens with zero attached hydrogens (tertiary/aromatic N) is 2. The second kappa shape index (κ2) is 8.26. The predicted octanol–water partition coefficient (Wildman–Crippen LogP) is 3.41. The number of hydrogen-bond acceptors (Lipinski definition) is 6. The van der Waals surface area contributed by atoms with Gasteiger partial charge < -0.3 is 14.8 Å². The number of likely N-dealkylation sites (tertiary alicyclic amines) is 1. The molecule has 2 aromatic carbocycles. The molecule has 7 nitrogen and oxygen atoms in total. The molecule has 1 spiro atoms. The normalized spacial score (nSPS) is 21.6. The topological polar surface area (TPSA) is 76.9 Å². The van der Waals surface area contributed by atoms with E-state index in [9.17, 15) is 10.1 Å². The Hall–Kier alpha value is -2.48. The Labute approximate surface area is 164 Å². The van der Waals surface area contributed by atoms with Crippen molar-refractivity contribution in [2.45, 2.75) is 31.2 Å². The van der Waals surface area contributed by atoms with Crippen LogP contribution in [0.15, 0.2) is 54.6 Å². The highest BCUT2D eigenvalue weighted by atomic mass is 16.7. The van der Waals surface area contributed by atoms with Crippen LogP contribution in [-0.2, 0) is 16.0 Å². The summed E-state index contributed by atoms with van der Waals surface area (Å²) < 4.78 is 11.9. The van der Waals surface area contributed by atoms with Gasteiger partial charge in [0.1, 0.15) is 5.69 Å². The molecule has 0 aromatic heterocycles. The van der Waals surface area contributed by atoms with Crippen molar-refractivity contribution in [1.29, 1.82) is 0 Å². The van der Waals surface area contributed by atoms with Crippen molar-refractivity contribution in [1.82, 2.24) is 4.90 Å². The summed E-state index contributed by atoms with van der Waals surface area (Å²) in [5, 5.41) is 14.6. The molecular weight excluding hydrogens is 358 g/mol. The number of ether oxygens (including phenoxy) is 2. The molecule has 4 rings (SSSR count). The molecule has 0 amide bonds. The van der Waals surface area contributed by atoms with Gasteiger partial charge in [0, 0.05) is 31.6 Å². The molecule has 2 fully saturated rings. The highest BCUT2D eigenvalue weighted by Gasteiger charge is 2.44. The van der Waals surface area contributed by atoms with Crippen LogP contribution in [0.4, 0.5) is 11.4 Å². The standard InChI is InChI=1S/C21H25N3O4/c25-24(26)20-9-5-4-8-19(20)22-14-18-10-11-21(27-12-13-28-21)16-23(18)15-17-6-2-1-3-7-17/h1-9,18,22H,10-16H2. The predicted molar refractivity (Wildman–Crippen MR) is 106 cm³/mol. The van der Waals surface area contributed by atoms with Gasteiger partial charge in [0.05, 0.1) is 24.7 Å². The fourth-order valence-corrected chi connectivity index (χ4v) is 4.06. The monoisotopic (exact) mass is 383 g/mol. The lowest BCUT2D eigenvalue weighted by Crippen LogP contribution is -2.54. The second-order valence-electron chi connectivity index (χ2n) is 7.35. The second-order valence-corrected chi connectivity index (χ2v) is 7.35. The molecule has 148 valence electrons. The molecule has 1 unspecified atom stereocenters. The third-order valence-corrected chi connectivity index (χ3v) is 5.49. The lowest BCUT2D eigenvalue weighted by molar-refractivity contribution is -0.384. The van der Waals surface area contributed by atoms with Gasteiger partial charge in [-0.15, -0.1) is 0 Å². The summed E-state index contributed by atoms with van der Waals surface area (Å²) >= 11 is 0. The summed E-state index contributed by atoms with van der Waals surface area (Å²) in [5.74, 6) is -0.510. The fourth-order valence-electron chi connectivity index (χ4n) is 4.06. The van der Waals surface area contributed by atoms with E-state index < -0.39 is 5.79 Å². The van der Waals surface area contributed by atoms with Gasteiger partial charge in [0.15, 0.2) is 5.79 Å². The van der Waals surface area contributed by atoms with Crippen molar-refractivity contribution in [2.24, 2.45) is 0 Å². The molecule has 2 aromatic rings. The molecule has 2 aliphatic heterocycles. The molecule has 0 saturated carbocycles. The molecule has 2 heterocycles. The van der Waals surface area contributed by atoms with Crippen molar-refractivity contribution >= 4 is 11.4 Å². The number of nitro groups is 1. The van der Waals surface area contributed by atoms with Gasteiger partial charge in [-0.3, -0.25) is 15.0 Å². The molecule has 2 aliphatic rings. The van der Waals surface area contributed by atoms with E-state index in [1.807, 2.05) is 24.3 Å². The number of para-hydroxylation sites is 2. The van der Waals surface area contributed by atoms with E-state index in [1.54, 1.807) is 12.1 Å². The number of rotatable bonds is 6. The first-order chi connectivity index (χ1) is 13.7. The Morgan fingerprint density at radius 3 is 2.57 bits per heavy atom. The summed E-state index contributed by atoms with van der Waals surface area (Å²) in [6.07, 6.45) is 1.74. The smallest absolute Gasteiger partial charge is 0.292 e. The van der Waals surface area contributed by atoms with Crippen molar-refractivity contribution in [3.8, 4) is 0 Å². The van der Waals surface area contributed by atoms with E-state index in [4.69, 9.17) is 9.47 Å². The number of hydrogen-bond donors (Lipinski definition) is 1. The molecule has 28 heavy (non-hydrogen) atoms. The number of piperidine rings is 1. The first-order valence-corrected chi connectivity index (χ1v) is 9.68. The molecular formula is C21H25N3O4. The quantitative estimate of drug-likeness (QED) is 0.608. The third kappa shape index (κ3) is 4.16. The van der Waals surface area contributed by atoms with Crippen LogP contribution in [0.25, 0.3) is 0 Å². The van der Waals surface area contributed by atoms with E-state index in [0.29, 0.717) is 32.0 Å². The van der Waals surface area contributed by atoms with Crippen LogP contribution >= 0.6 is 0 Å². The molecule has 0 aliphatic carbocycles. The highest BCUT2D eigenvalue weighted by Crippen LogP contribution is 2.34. The van der Waals surface area contributed by atoms with E-state index in [0.717, 1.165) is 19.4 Å². The largest absolute Gasteiger partial charge is 0.378 e. The Kier molecular flexibility index (Phi) is 5.57. The average Bonchev–Trinajstić information content (AvgIpc) is 3.16. The minimum absolute atomic E-state index is 0.104. The zero-order valence-electron chi connectivity index (χ0n) is 15.8. The minimum Gasteiger partial charge on any atom is -0.378 e. The number of nitro benzene ring substituents is 1. The number of nitrogens with one attached hydrogen (secondary N) is 1. The maximum absolute atomic E-state index is 11.3. The van der Waals surface area contributed by atoms with Crippen molar-refractivity contribution < 1.29 is 14.4 Å². The van der Waals surface area contributed by atoms with Crippen LogP contribution in [-0.4, -0.2) is 48.0 Å². The first-order valence-electron chi connectivity index (χ1n) is 9.68. The van der Waals surface area contributed by atoms with Crippen molar-refractivity contribution in [3.05, 3.63) is 70.3 Å². The van der Waals surface area contributed by atoms with Gasteiger partial charge in [-0.2, -0.15) is 0 Å². The maximum Gasteiger partial charge on any atom is 0.292 e. The third-order valence-electron chi connectivity index (χ3n) is 5.49. The summed E-state index contributed by atoms with van der Waals surface area (Å²) in [5.41, 5.74) is 1.89. The zero-order chi connectivity index (χ0) is 19.4. The van der Waals surface area contributed by atoms with Crippen LogP contribution in [0.2, 0.25) is 0 Å². The van der Waals surface area contributed by atoms with Gasteiger partial charge in [0.25, 0.3) is 5.69 Å². The van der Waals surface area contributed by atoms with Crippen LogP contribution in [0, 0.1) is 10.1 Å². The van der Waals surface area contributed by atoms with E-state index >= 15 is 0 Å². The fraction of sp³-hybridized carbons (Fsp3) is 0.429. The molecule has 1 N–H and O–H groups in total.